The zero-order valence-corrected chi connectivity index (χ0v) is 16.5. The van der Waals surface area contributed by atoms with E-state index in [9.17, 15) is 10.0 Å². The van der Waals surface area contributed by atoms with Gasteiger partial charge in [0.15, 0.2) is 0 Å². The lowest BCUT2D eigenvalue weighted by atomic mass is 9.62. The van der Waals surface area contributed by atoms with Gasteiger partial charge < -0.3 is 10.3 Å². The van der Waals surface area contributed by atoms with Gasteiger partial charge in [-0.1, -0.05) is 38.9 Å². The summed E-state index contributed by atoms with van der Waals surface area (Å²) in [7, 11) is 0. The molecule has 5 nitrogen and oxygen atoms in total. The lowest BCUT2D eigenvalue weighted by Gasteiger charge is -2.42. The summed E-state index contributed by atoms with van der Waals surface area (Å²) in [5.41, 5.74) is 5.47. The van der Waals surface area contributed by atoms with Crippen LogP contribution in [0.15, 0.2) is 35.6 Å². The number of aromatic nitrogens is 1. The van der Waals surface area contributed by atoms with E-state index >= 15 is 0 Å². The molecule has 1 heterocycles. The van der Waals surface area contributed by atoms with Gasteiger partial charge in [0.2, 0.25) is 0 Å². The van der Waals surface area contributed by atoms with E-state index in [-0.39, 0.29) is 16.4 Å². The summed E-state index contributed by atoms with van der Waals surface area (Å²) in [6, 6.07) is 7.36. The summed E-state index contributed by atoms with van der Waals surface area (Å²) in [4.78, 5) is 15.2. The number of hydrogen-bond acceptors (Lipinski definition) is 4. The Morgan fingerprint density at radius 2 is 1.67 bits per heavy atom. The molecule has 3 rings (SSSR count). The largest absolute Gasteiger partial charge is 0.478 e. The fraction of sp³-hybridized carbons (Fsp3) is 0.409. The Labute approximate surface area is 159 Å². The number of fused-ring (bicyclic) bond motifs is 1. The second-order valence-electron chi connectivity index (χ2n) is 8.67. The molecule has 5 heteroatoms. The first kappa shape index (κ1) is 19.1. The van der Waals surface area contributed by atoms with Gasteiger partial charge in [0, 0.05) is 11.8 Å². The highest BCUT2D eigenvalue weighted by Gasteiger charge is 2.37. The predicted molar refractivity (Wildman–Crippen MR) is 105 cm³/mol. The van der Waals surface area contributed by atoms with Crippen LogP contribution >= 0.6 is 0 Å². The molecule has 2 aromatic rings. The highest BCUT2D eigenvalue weighted by molar-refractivity contribution is 6.12. The molecule has 1 aromatic carbocycles. The van der Waals surface area contributed by atoms with Gasteiger partial charge in [-0.05, 0) is 65.5 Å². The minimum absolute atomic E-state index is 0.0362. The molecule has 0 unspecified atom stereocenters. The highest BCUT2D eigenvalue weighted by Crippen LogP contribution is 2.46. The van der Waals surface area contributed by atoms with Crippen molar-refractivity contribution in [2.75, 3.05) is 0 Å². The van der Waals surface area contributed by atoms with Crippen molar-refractivity contribution in [1.82, 2.24) is 4.98 Å². The molecule has 0 radical (unpaired) electrons. The Morgan fingerprint density at radius 3 is 2.15 bits per heavy atom. The molecule has 1 aliphatic carbocycles. The average molecular weight is 366 g/mol. The maximum absolute atomic E-state index is 11.0. The first-order valence-corrected chi connectivity index (χ1v) is 9.14. The van der Waals surface area contributed by atoms with E-state index in [0.29, 0.717) is 11.4 Å². The van der Waals surface area contributed by atoms with Crippen LogP contribution in [0.1, 0.15) is 78.8 Å². The molecule has 0 atom stereocenters. The van der Waals surface area contributed by atoms with Crippen molar-refractivity contribution in [3.8, 4) is 0 Å². The number of aromatic carboxylic acids is 1. The van der Waals surface area contributed by atoms with Crippen LogP contribution in [0.2, 0.25) is 0 Å². The highest BCUT2D eigenvalue weighted by atomic mass is 16.4. The number of hydrogen-bond donors (Lipinski definition) is 2. The maximum Gasteiger partial charge on any atom is 0.337 e. The molecule has 0 aliphatic heterocycles. The number of nitrogens with zero attached hydrogens (tertiary/aromatic N) is 2. The normalized spacial score (nSPS) is 18.0. The third-order valence-corrected chi connectivity index (χ3v) is 5.81. The summed E-state index contributed by atoms with van der Waals surface area (Å²) in [6.45, 7) is 11.0. The van der Waals surface area contributed by atoms with Crippen molar-refractivity contribution in [3.63, 3.8) is 0 Å². The average Bonchev–Trinajstić information content (AvgIpc) is 2.61. The van der Waals surface area contributed by atoms with Crippen molar-refractivity contribution in [2.24, 2.45) is 5.16 Å². The van der Waals surface area contributed by atoms with E-state index in [1.807, 2.05) is 6.92 Å². The lowest BCUT2D eigenvalue weighted by molar-refractivity contribution is 0.0696. The number of carboxylic acid groups (broad SMARTS) is 1. The molecule has 27 heavy (non-hydrogen) atoms. The zero-order valence-electron chi connectivity index (χ0n) is 16.5. The smallest absolute Gasteiger partial charge is 0.337 e. The summed E-state index contributed by atoms with van der Waals surface area (Å²) in [5, 5.41) is 22.3. The van der Waals surface area contributed by atoms with Crippen LogP contribution in [-0.4, -0.2) is 27.0 Å². The van der Waals surface area contributed by atoms with E-state index in [2.05, 4.69) is 50.0 Å². The summed E-state index contributed by atoms with van der Waals surface area (Å²) in [6.07, 6.45) is 3.50. The van der Waals surface area contributed by atoms with Gasteiger partial charge in [0.1, 0.15) is 5.71 Å². The number of oxime groups is 1. The van der Waals surface area contributed by atoms with Crippen LogP contribution in [0.5, 0.6) is 0 Å². The monoisotopic (exact) mass is 366 g/mol. The minimum atomic E-state index is -1.04. The maximum atomic E-state index is 11.0. The second-order valence-corrected chi connectivity index (χ2v) is 8.67. The molecule has 1 aromatic heterocycles. The van der Waals surface area contributed by atoms with Gasteiger partial charge in [-0.25, -0.2) is 4.79 Å². The molecular formula is C22H26N2O3. The van der Waals surface area contributed by atoms with Crippen molar-refractivity contribution < 1.29 is 15.1 Å². The molecule has 0 saturated heterocycles. The topological polar surface area (TPSA) is 82.8 Å². The molecule has 1 aliphatic rings. The van der Waals surface area contributed by atoms with Crippen molar-refractivity contribution >= 4 is 11.7 Å². The van der Waals surface area contributed by atoms with Gasteiger partial charge in [0.05, 0.1) is 11.3 Å². The number of rotatable bonds is 3. The van der Waals surface area contributed by atoms with E-state index in [0.717, 1.165) is 24.0 Å². The first-order valence-electron chi connectivity index (χ1n) is 9.14. The van der Waals surface area contributed by atoms with Crippen LogP contribution in [-0.2, 0) is 10.8 Å². The standard InChI is InChI=1S/C22H26N2O3/c1-13-10-16-17(22(4,5)9-8-21(16,2)3)11-15(13)19(24-27)18-7-6-14(12-23-18)20(25)26/h6-7,10-12,27H,8-9H2,1-5H3,(H,25,26)/b24-19-. The summed E-state index contributed by atoms with van der Waals surface area (Å²) >= 11 is 0. The Morgan fingerprint density at radius 1 is 1.07 bits per heavy atom. The van der Waals surface area contributed by atoms with Gasteiger partial charge in [0.25, 0.3) is 0 Å². The number of carbonyl (C=O) groups is 1. The Bertz CT molecular complexity index is 925. The summed E-state index contributed by atoms with van der Waals surface area (Å²) < 4.78 is 0. The molecule has 0 saturated carbocycles. The molecule has 142 valence electrons. The van der Waals surface area contributed by atoms with Crippen LogP contribution in [0.3, 0.4) is 0 Å². The van der Waals surface area contributed by atoms with Crippen molar-refractivity contribution in [1.29, 1.82) is 0 Å². The number of aryl methyl sites for hydroxylation is 1. The molecule has 0 spiro atoms. The quantitative estimate of drug-likeness (QED) is 0.470. The van der Waals surface area contributed by atoms with Gasteiger partial charge in [-0.2, -0.15) is 0 Å². The number of pyridine rings is 1. The van der Waals surface area contributed by atoms with Gasteiger partial charge >= 0.3 is 5.97 Å². The van der Waals surface area contributed by atoms with Crippen LogP contribution < -0.4 is 0 Å². The van der Waals surface area contributed by atoms with Crippen LogP contribution in [0, 0.1) is 6.92 Å². The van der Waals surface area contributed by atoms with E-state index in [4.69, 9.17) is 5.11 Å². The SMILES string of the molecule is Cc1cc2c(cc1/C(=N/O)c1ccc(C(=O)O)cn1)C(C)(C)CCC2(C)C. The zero-order chi connectivity index (χ0) is 20.0. The fourth-order valence-corrected chi connectivity index (χ4v) is 3.88. The molecule has 0 fully saturated rings. The summed E-state index contributed by atoms with van der Waals surface area (Å²) in [5.74, 6) is -1.04. The van der Waals surface area contributed by atoms with Gasteiger partial charge in [-0.3, -0.25) is 4.98 Å². The Hall–Kier alpha value is -2.69. The fourth-order valence-electron chi connectivity index (χ4n) is 3.88. The Balaban J connectivity index is 2.15. The van der Waals surface area contributed by atoms with Crippen molar-refractivity contribution in [3.05, 3.63) is 64.0 Å². The molecular weight excluding hydrogens is 340 g/mol. The molecule has 0 bridgehead atoms. The van der Waals surface area contributed by atoms with Crippen molar-refractivity contribution in [2.45, 2.75) is 58.3 Å². The van der Waals surface area contributed by atoms with E-state index < -0.39 is 5.97 Å². The predicted octanol–water partition coefficient (Wildman–Crippen LogP) is 4.66. The minimum Gasteiger partial charge on any atom is -0.478 e. The molecule has 2 N–H and O–H groups in total. The van der Waals surface area contributed by atoms with Crippen LogP contribution in [0.4, 0.5) is 0 Å². The second kappa shape index (κ2) is 6.48. The van der Waals surface area contributed by atoms with E-state index in [1.54, 1.807) is 6.07 Å². The molecule has 0 amide bonds. The number of benzene rings is 1. The lowest BCUT2D eigenvalue weighted by Crippen LogP contribution is -2.34. The first-order chi connectivity index (χ1) is 12.6. The van der Waals surface area contributed by atoms with Crippen LogP contribution in [0.25, 0.3) is 0 Å². The third kappa shape index (κ3) is 3.34. The van der Waals surface area contributed by atoms with Gasteiger partial charge in [-0.15, -0.1) is 0 Å². The third-order valence-electron chi connectivity index (χ3n) is 5.81. The number of carboxylic acids is 1. The Kier molecular flexibility index (Phi) is 4.58. The van der Waals surface area contributed by atoms with E-state index in [1.165, 1.54) is 23.4 Å².